The molecule has 7 nitrogen and oxygen atoms in total. The summed E-state index contributed by atoms with van der Waals surface area (Å²) in [5.41, 5.74) is 0.313. The summed E-state index contributed by atoms with van der Waals surface area (Å²) in [5, 5.41) is 22.0. The normalized spacial score (nSPS) is 22.4. The van der Waals surface area contributed by atoms with Crippen LogP contribution in [0.2, 0.25) is 0 Å². The third-order valence-corrected chi connectivity index (χ3v) is 6.98. The zero-order chi connectivity index (χ0) is 22.9. The fourth-order valence-electron chi connectivity index (χ4n) is 4.16. The molecule has 0 radical (unpaired) electrons. The maximum Gasteiger partial charge on any atom is 0.231 e. The molecule has 0 spiro atoms. The molecule has 4 rings (SSSR count). The van der Waals surface area contributed by atoms with Crippen molar-refractivity contribution in [1.29, 1.82) is 5.26 Å². The molecular formula is C24H24N2O5S. The van der Waals surface area contributed by atoms with E-state index < -0.39 is 11.6 Å². The molecule has 2 aliphatic heterocycles. The van der Waals surface area contributed by atoms with Gasteiger partial charge in [-0.2, -0.15) is 5.26 Å². The highest BCUT2D eigenvalue weighted by Crippen LogP contribution is 2.52. The van der Waals surface area contributed by atoms with Crippen molar-refractivity contribution in [3.63, 3.8) is 0 Å². The number of aliphatic hydroxyl groups is 1. The summed E-state index contributed by atoms with van der Waals surface area (Å²) >= 11 is 1.32. The van der Waals surface area contributed by atoms with Gasteiger partial charge >= 0.3 is 0 Å². The first-order valence-electron chi connectivity index (χ1n) is 10.2. The lowest BCUT2D eigenvalue weighted by atomic mass is 9.85. The first-order chi connectivity index (χ1) is 15.5. The van der Waals surface area contributed by atoms with Crippen LogP contribution < -0.4 is 14.2 Å². The fraction of sp³-hybridized carbons (Fsp3) is 0.333. The number of allylic oxidation sites excluding steroid dienone is 1. The number of carbonyl (C=O) groups excluding carboxylic acids is 1. The Balaban J connectivity index is 1.74. The van der Waals surface area contributed by atoms with E-state index in [2.05, 4.69) is 6.07 Å². The molecular weight excluding hydrogens is 428 g/mol. The average Bonchev–Trinajstić information content (AvgIpc) is 3.18. The SMILES string of the molecule is CCOc1ccc([C@H]2CC(=O)N3C(=C2C#N)SC[C@@]3(O)c2ccc(OC)cc2)cc1OC. The van der Waals surface area contributed by atoms with Gasteiger partial charge in [-0.25, -0.2) is 0 Å². The Morgan fingerprint density at radius 2 is 1.94 bits per heavy atom. The number of benzene rings is 2. The molecule has 2 heterocycles. The summed E-state index contributed by atoms with van der Waals surface area (Å²) in [6, 6.07) is 14.7. The minimum Gasteiger partial charge on any atom is -0.497 e. The Kier molecular flexibility index (Phi) is 6.04. The van der Waals surface area contributed by atoms with Gasteiger partial charge in [0.1, 0.15) is 5.75 Å². The third kappa shape index (κ3) is 3.57. The smallest absolute Gasteiger partial charge is 0.231 e. The van der Waals surface area contributed by atoms with E-state index in [0.29, 0.717) is 40.0 Å². The second kappa shape index (κ2) is 8.77. The summed E-state index contributed by atoms with van der Waals surface area (Å²) < 4.78 is 16.2. The van der Waals surface area contributed by atoms with Crippen LogP contribution in [0.25, 0.3) is 0 Å². The molecule has 1 fully saturated rings. The average molecular weight is 453 g/mol. The lowest BCUT2D eigenvalue weighted by Gasteiger charge is -2.38. The minimum atomic E-state index is -1.52. The number of thioether (sulfide) groups is 1. The summed E-state index contributed by atoms with van der Waals surface area (Å²) in [6.07, 6.45) is 0.0720. The van der Waals surface area contributed by atoms with E-state index in [1.807, 2.05) is 19.1 Å². The van der Waals surface area contributed by atoms with E-state index in [9.17, 15) is 15.2 Å². The maximum absolute atomic E-state index is 13.3. The Bertz CT molecular complexity index is 1110. The van der Waals surface area contributed by atoms with Gasteiger partial charge in [-0.05, 0) is 36.8 Å². The van der Waals surface area contributed by atoms with Crippen molar-refractivity contribution in [2.75, 3.05) is 26.6 Å². The molecule has 2 atom stereocenters. The number of fused-ring (bicyclic) bond motifs is 1. The van der Waals surface area contributed by atoms with Crippen molar-refractivity contribution in [3.05, 3.63) is 64.2 Å². The summed E-state index contributed by atoms with van der Waals surface area (Å²) in [7, 11) is 3.13. The van der Waals surface area contributed by atoms with Crippen LogP contribution in [0.3, 0.4) is 0 Å². The van der Waals surface area contributed by atoms with Crippen molar-refractivity contribution in [3.8, 4) is 23.3 Å². The number of ether oxygens (including phenoxy) is 3. The summed E-state index contributed by atoms with van der Waals surface area (Å²) in [4.78, 5) is 14.7. The van der Waals surface area contributed by atoms with Crippen molar-refractivity contribution >= 4 is 17.7 Å². The first kappa shape index (κ1) is 22.1. The van der Waals surface area contributed by atoms with Gasteiger partial charge in [0.05, 0.1) is 43.3 Å². The zero-order valence-electron chi connectivity index (χ0n) is 18.1. The van der Waals surface area contributed by atoms with Crippen LogP contribution >= 0.6 is 11.8 Å². The van der Waals surface area contributed by atoms with Crippen molar-refractivity contribution in [2.24, 2.45) is 0 Å². The number of hydrogen-bond donors (Lipinski definition) is 1. The van der Waals surface area contributed by atoms with Gasteiger partial charge in [-0.15, -0.1) is 11.8 Å². The van der Waals surface area contributed by atoms with E-state index >= 15 is 0 Å². The van der Waals surface area contributed by atoms with Crippen LogP contribution in [0.5, 0.6) is 17.2 Å². The van der Waals surface area contributed by atoms with Crippen molar-refractivity contribution in [1.82, 2.24) is 4.90 Å². The fourth-order valence-corrected chi connectivity index (χ4v) is 5.52. The topological polar surface area (TPSA) is 92.0 Å². The first-order valence-corrected chi connectivity index (χ1v) is 11.2. The quantitative estimate of drug-likeness (QED) is 0.714. The van der Waals surface area contributed by atoms with Gasteiger partial charge in [0, 0.05) is 17.9 Å². The Labute approximate surface area is 191 Å². The molecule has 0 aliphatic carbocycles. The largest absolute Gasteiger partial charge is 0.497 e. The highest BCUT2D eigenvalue weighted by Gasteiger charge is 2.51. The molecule has 8 heteroatoms. The Morgan fingerprint density at radius 3 is 2.56 bits per heavy atom. The standard InChI is InChI=1S/C24H24N2O5S/c1-4-31-20-10-5-15(11-21(20)30-3)18-12-22(27)26-23(19(18)13-25)32-14-24(26,28)16-6-8-17(29-2)9-7-16/h5-11,18,28H,4,12,14H2,1-3H3/t18-,24-/m1/s1. The van der Waals surface area contributed by atoms with Crippen LogP contribution in [0.15, 0.2) is 53.1 Å². The lowest BCUT2D eigenvalue weighted by molar-refractivity contribution is -0.149. The van der Waals surface area contributed by atoms with Crippen LogP contribution in [-0.4, -0.2) is 42.5 Å². The van der Waals surface area contributed by atoms with Crippen LogP contribution in [0.4, 0.5) is 0 Å². The summed E-state index contributed by atoms with van der Waals surface area (Å²) in [5.74, 6) is 1.40. The molecule has 1 N–H and O–H groups in total. The van der Waals surface area contributed by atoms with Crippen LogP contribution in [0, 0.1) is 11.3 Å². The molecule has 2 aromatic carbocycles. The number of nitrogens with zero attached hydrogens (tertiary/aromatic N) is 2. The number of hydrogen-bond acceptors (Lipinski definition) is 7. The molecule has 0 saturated carbocycles. The zero-order valence-corrected chi connectivity index (χ0v) is 18.9. The molecule has 2 aromatic rings. The van der Waals surface area contributed by atoms with E-state index in [4.69, 9.17) is 14.2 Å². The predicted octanol–water partition coefficient (Wildman–Crippen LogP) is 3.75. The number of amides is 1. The van der Waals surface area contributed by atoms with Gasteiger partial charge in [-0.1, -0.05) is 18.2 Å². The van der Waals surface area contributed by atoms with Crippen molar-refractivity contribution in [2.45, 2.75) is 25.0 Å². The molecule has 32 heavy (non-hydrogen) atoms. The third-order valence-electron chi connectivity index (χ3n) is 5.75. The number of nitriles is 1. The molecule has 1 saturated heterocycles. The molecule has 1 amide bonds. The van der Waals surface area contributed by atoms with Gasteiger partial charge in [0.15, 0.2) is 17.2 Å². The summed E-state index contributed by atoms with van der Waals surface area (Å²) in [6.45, 7) is 2.39. The number of carbonyl (C=O) groups is 1. The van der Waals surface area contributed by atoms with Crippen molar-refractivity contribution < 1.29 is 24.1 Å². The van der Waals surface area contributed by atoms with Crippen LogP contribution in [0.1, 0.15) is 30.4 Å². The Hall–Kier alpha value is -3.15. The van der Waals surface area contributed by atoms with E-state index in [0.717, 1.165) is 5.56 Å². The second-order valence-corrected chi connectivity index (χ2v) is 8.46. The molecule has 0 bridgehead atoms. The van der Waals surface area contributed by atoms with Gasteiger partial charge in [0.25, 0.3) is 0 Å². The minimum absolute atomic E-state index is 0.0720. The Morgan fingerprint density at radius 1 is 1.19 bits per heavy atom. The molecule has 166 valence electrons. The van der Waals surface area contributed by atoms with Gasteiger partial charge in [0.2, 0.25) is 5.91 Å². The lowest BCUT2D eigenvalue weighted by Crippen LogP contribution is -2.48. The van der Waals surface area contributed by atoms with Gasteiger partial charge < -0.3 is 19.3 Å². The molecule has 2 aliphatic rings. The number of methoxy groups -OCH3 is 2. The molecule has 0 unspecified atom stereocenters. The predicted molar refractivity (Wildman–Crippen MR) is 120 cm³/mol. The monoisotopic (exact) mass is 452 g/mol. The maximum atomic E-state index is 13.3. The van der Waals surface area contributed by atoms with E-state index in [-0.39, 0.29) is 18.1 Å². The number of rotatable bonds is 6. The van der Waals surface area contributed by atoms with Crippen LogP contribution in [-0.2, 0) is 10.5 Å². The highest BCUT2D eigenvalue weighted by atomic mass is 32.2. The van der Waals surface area contributed by atoms with E-state index in [1.54, 1.807) is 44.6 Å². The second-order valence-electron chi connectivity index (χ2n) is 7.49. The molecule has 0 aromatic heterocycles. The van der Waals surface area contributed by atoms with Gasteiger partial charge in [-0.3, -0.25) is 9.69 Å². The highest BCUT2D eigenvalue weighted by molar-refractivity contribution is 8.03. The van der Waals surface area contributed by atoms with E-state index in [1.165, 1.54) is 16.7 Å².